The molecule has 1 aromatic heterocycles. The smallest absolute Gasteiger partial charge is 0.381 e. The van der Waals surface area contributed by atoms with Gasteiger partial charge >= 0.3 is 5.97 Å². The van der Waals surface area contributed by atoms with Crippen LogP contribution in [0.5, 0.6) is 0 Å². The quantitative estimate of drug-likeness (QED) is 0.518. The molecule has 0 aliphatic rings. The van der Waals surface area contributed by atoms with E-state index < -0.39 is 17.7 Å². The number of ether oxygens (including phenoxy) is 1. The number of rotatable bonds is 5. The van der Waals surface area contributed by atoms with Crippen LogP contribution < -0.4 is 5.32 Å². The highest BCUT2D eigenvalue weighted by molar-refractivity contribution is 6.41. The fourth-order valence-corrected chi connectivity index (χ4v) is 2.21. The molecule has 0 fully saturated rings. The average molecular weight is 332 g/mol. The summed E-state index contributed by atoms with van der Waals surface area (Å²) in [6.45, 7) is 3.22. The lowest BCUT2D eigenvalue weighted by molar-refractivity contribution is -0.137. The number of esters is 1. The number of carbonyl (C=O) groups excluding carboxylic acids is 3. The molecule has 126 valence electrons. The molecule has 0 atom stereocenters. The summed E-state index contributed by atoms with van der Waals surface area (Å²) in [5.41, 5.74) is 0.739. The van der Waals surface area contributed by atoms with Crippen molar-refractivity contribution in [1.29, 1.82) is 0 Å². The molecule has 2 rings (SSSR count). The van der Waals surface area contributed by atoms with E-state index in [1.54, 1.807) is 20.9 Å². The van der Waals surface area contributed by atoms with Crippen molar-refractivity contribution < 1.29 is 23.5 Å². The van der Waals surface area contributed by atoms with Crippen LogP contribution in [0.2, 0.25) is 0 Å². The standard InChI is InChI=1S/C17H17FN2O4/c1-4-24-17(23)15(21)14-12(7-8-20(14)3)16(22)19-11-5-6-13(18)10(2)9-11/h5-9H,4H2,1-3H3,(H,19,22). The molecule has 6 nitrogen and oxygen atoms in total. The molecule has 0 spiro atoms. The number of carbonyl (C=O) groups is 3. The van der Waals surface area contributed by atoms with Crippen molar-refractivity contribution in [3.8, 4) is 0 Å². The maximum atomic E-state index is 13.3. The van der Waals surface area contributed by atoms with Gasteiger partial charge in [0, 0.05) is 18.9 Å². The Morgan fingerprint density at radius 2 is 1.96 bits per heavy atom. The Morgan fingerprint density at radius 1 is 1.25 bits per heavy atom. The van der Waals surface area contributed by atoms with Crippen molar-refractivity contribution in [1.82, 2.24) is 4.57 Å². The van der Waals surface area contributed by atoms with Gasteiger partial charge in [0.2, 0.25) is 0 Å². The third-order valence-electron chi connectivity index (χ3n) is 3.41. The van der Waals surface area contributed by atoms with Gasteiger partial charge in [0.15, 0.2) is 0 Å². The number of aryl methyl sites for hydroxylation is 2. The monoisotopic (exact) mass is 332 g/mol. The summed E-state index contributed by atoms with van der Waals surface area (Å²) in [6, 6.07) is 5.55. The van der Waals surface area contributed by atoms with Crippen molar-refractivity contribution in [2.24, 2.45) is 7.05 Å². The lowest BCUT2D eigenvalue weighted by Crippen LogP contribution is -2.24. The molecule has 0 aliphatic heterocycles. The Balaban J connectivity index is 2.28. The second-order valence-electron chi connectivity index (χ2n) is 5.16. The van der Waals surface area contributed by atoms with Gasteiger partial charge in [-0.05, 0) is 43.7 Å². The lowest BCUT2D eigenvalue weighted by Gasteiger charge is -2.08. The Hall–Kier alpha value is -2.96. The van der Waals surface area contributed by atoms with E-state index >= 15 is 0 Å². The van der Waals surface area contributed by atoms with Crippen LogP contribution in [0.25, 0.3) is 0 Å². The summed E-state index contributed by atoms with van der Waals surface area (Å²) in [4.78, 5) is 36.2. The predicted octanol–water partition coefficient (Wildman–Crippen LogP) is 2.47. The number of amides is 1. The number of Topliss-reactive ketones (excluding diaryl/α,β-unsaturated/α-hetero) is 1. The topological polar surface area (TPSA) is 77.4 Å². The molecule has 24 heavy (non-hydrogen) atoms. The van der Waals surface area contributed by atoms with E-state index in [4.69, 9.17) is 0 Å². The Bertz CT molecular complexity index is 811. The molecule has 1 heterocycles. The molecule has 0 saturated heterocycles. The Kier molecular flexibility index (Phi) is 5.13. The average Bonchev–Trinajstić information content (AvgIpc) is 2.92. The molecular formula is C17H17FN2O4. The van der Waals surface area contributed by atoms with Crippen LogP contribution in [-0.4, -0.2) is 28.8 Å². The summed E-state index contributed by atoms with van der Waals surface area (Å²) in [5, 5.41) is 2.58. The summed E-state index contributed by atoms with van der Waals surface area (Å²) in [6.07, 6.45) is 1.50. The van der Waals surface area contributed by atoms with E-state index in [1.807, 2.05) is 0 Å². The molecule has 0 saturated carbocycles. The largest absolute Gasteiger partial charge is 0.460 e. The minimum atomic E-state index is -1.02. The van der Waals surface area contributed by atoms with E-state index in [1.165, 1.54) is 35.0 Å². The third-order valence-corrected chi connectivity index (χ3v) is 3.41. The zero-order valence-corrected chi connectivity index (χ0v) is 13.6. The number of nitrogens with zero attached hydrogens (tertiary/aromatic N) is 1. The van der Waals surface area contributed by atoms with Gasteiger partial charge in [0.25, 0.3) is 11.7 Å². The zero-order valence-electron chi connectivity index (χ0n) is 13.6. The number of nitrogens with one attached hydrogen (secondary N) is 1. The van der Waals surface area contributed by atoms with Crippen LogP contribution in [0.3, 0.4) is 0 Å². The molecular weight excluding hydrogens is 315 g/mol. The molecule has 0 unspecified atom stereocenters. The zero-order chi connectivity index (χ0) is 17.9. The number of anilines is 1. The molecule has 1 aromatic carbocycles. The molecule has 1 N–H and O–H groups in total. The van der Waals surface area contributed by atoms with Crippen molar-refractivity contribution in [3.63, 3.8) is 0 Å². The normalized spacial score (nSPS) is 10.3. The maximum Gasteiger partial charge on any atom is 0.381 e. The van der Waals surface area contributed by atoms with Gasteiger partial charge in [-0.15, -0.1) is 0 Å². The van der Waals surface area contributed by atoms with Crippen LogP contribution in [0, 0.1) is 12.7 Å². The number of hydrogen-bond acceptors (Lipinski definition) is 4. The molecule has 7 heteroatoms. The fraction of sp³-hybridized carbons (Fsp3) is 0.235. The van der Waals surface area contributed by atoms with Crippen molar-refractivity contribution >= 4 is 23.3 Å². The van der Waals surface area contributed by atoms with E-state index in [-0.39, 0.29) is 23.7 Å². The van der Waals surface area contributed by atoms with E-state index in [9.17, 15) is 18.8 Å². The van der Waals surface area contributed by atoms with Gasteiger partial charge in [-0.25, -0.2) is 9.18 Å². The summed E-state index contributed by atoms with van der Waals surface area (Å²) >= 11 is 0. The first-order valence-electron chi connectivity index (χ1n) is 7.29. The fourth-order valence-electron chi connectivity index (χ4n) is 2.21. The Labute approximate surface area is 138 Å². The van der Waals surface area contributed by atoms with Gasteiger partial charge in [-0.3, -0.25) is 9.59 Å². The third kappa shape index (κ3) is 3.51. The molecule has 1 amide bonds. The first-order chi connectivity index (χ1) is 11.3. The highest BCUT2D eigenvalue weighted by atomic mass is 19.1. The van der Waals surface area contributed by atoms with Crippen molar-refractivity contribution in [3.05, 3.63) is 53.1 Å². The van der Waals surface area contributed by atoms with E-state index in [0.29, 0.717) is 11.3 Å². The molecule has 0 aliphatic carbocycles. The van der Waals surface area contributed by atoms with Crippen LogP contribution in [-0.2, 0) is 16.6 Å². The number of halogens is 1. The SMILES string of the molecule is CCOC(=O)C(=O)c1c(C(=O)Nc2ccc(F)c(C)c2)ccn1C. The predicted molar refractivity (Wildman–Crippen MR) is 85.5 cm³/mol. The summed E-state index contributed by atoms with van der Waals surface area (Å²) in [7, 11) is 1.55. The number of hydrogen-bond donors (Lipinski definition) is 1. The number of ketones is 1. The van der Waals surface area contributed by atoms with Gasteiger partial charge in [-0.2, -0.15) is 0 Å². The van der Waals surface area contributed by atoms with Crippen LogP contribution in [0.4, 0.5) is 10.1 Å². The van der Waals surface area contributed by atoms with Crippen molar-refractivity contribution in [2.75, 3.05) is 11.9 Å². The maximum absolute atomic E-state index is 13.3. The molecule has 2 aromatic rings. The van der Waals surface area contributed by atoms with Gasteiger partial charge in [0.05, 0.1) is 12.2 Å². The van der Waals surface area contributed by atoms with Gasteiger partial charge in [-0.1, -0.05) is 0 Å². The highest BCUT2D eigenvalue weighted by Gasteiger charge is 2.27. The second kappa shape index (κ2) is 7.08. The summed E-state index contributed by atoms with van der Waals surface area (Å²) in [5.74, 6) is -2.88. The van der Waals surface area contributed by atoms with Gasteiger partial charge < -0.3 is 14.6 Å². The summed E-state index contributed by atoms with van der Waals surface area (Å²) < 4.78 is 19.3. The van der Waals surface area contributed by atoms with Crippen LogP contribution in [0.15, 0.2) is 30.5 Å². The van der Waals surface area contributed by atoms with E-state index in [0.717, 1.165) is 0 Å². The van der Waals surface area contributed by atoms with Crippen LogP contribution >= 0.6 is 0 Å². The first kappa shape index (κ1) is 17.4. The van der Waals surface area contributed by atoms with Crippen LogP contribution in [0.1, 0.15) is 33.3 Å². The molecule has 0 bridgehead atoms. The van der Waals surface area contributed by atoms with Crippen molar-refractivity contribution in [2.45, 2.75) is 13.8 Å². The Morgan fingerprint density at radius 3 is 2.58 bits per heavy atom. The first-order valence-corrected chi connectivity index (χ1v) is 7.29. The minimum absolute atomic E-state index is 0.0394. The lowest BCUT2D eigenvalue weighted by atomic mass is 10.1. The highest BCUT2D eigenvalue weighted by Crippen LogP contribution is 2.17. The van der Waals surface area contributed by atoms with E-state index in [2.05, 4.69) is 10.1 Å². The second-order valence-corrected chi connectivity index (χ2v) is 5.16. The minimum Gasteiger partial charge on any atom is -0.460 e. The van der Waals surface area contributed by atoms with Gasteiger partial charge in [0.1, 0.15) is 11.5 Å². The molecule has 0 radical (unpaired) electrons. The number of aromatic nitrogens is 1. The number of benzene rings is 1.